The molecule has 12 heavy (non-hydrogen) atoms. The molecular formula is C6H13NO4S. The molecular weight excluding hydrogens is 182 g/mol. The van der Waals surface area contributed by atoms with Gasteiger partial charge in [0, 0.05) is 13.7 Å². The van der Waals surface area contributed by atoms with Gasteiger partial charge in [0.15, 0.2) is 0 Å². The van der Waals surface area contributed by atoms with Gasteiger partial charge in [-0.2, -0.15) is 0 Å². The monoisotopic (exact) mass is 195 g/mol. The Kier molecular flexibility index (Phi) is 4.84. The molecule has 1 amide bonds. The van der Waals surface area contributed by atoms with Crippen LogP contribution in [0.1, 0.15) is 12.8 Å². The summed E-state index contributed by atoms with van der Waals surface area (Å²) in [6, 6.07) is 0. The molecule has 0 fully saturated rings. The molecule has 0 saturated carbocycles. The highest BCUT2D eigenvalue weighted by Gasteiger charge is 2.16. The number of primary amides is 1. The van der Waals surface area contributed by atoms with Crippen molar-refractivity contribution in [1.82, 2.24) is 0 Å². The number of carbonyl (C=O) groups is 1. The topological polar surface area (TPSA) is 86.5 Å². The second kappa shape index (κ2) is 5.10. The minimum Gasteiger partial charge on any atom is -0.385 e. The largest absolute Gasteiger partial charge is 0.385 e. The number of amides is 1. The van der Waals surface area contributed by atoms with Crippen LogP contribution in [0.5, 0.6) is 0 Å². The molecule has 0 bridgehead atoms. The smallest absolute Gasteiger partial charge is 0.333 e. The predicted molar refractivity (Wildman–Crippen MR) is 44.5 cm³/mol. The Balaban J connectivity index is 3.71. The Morgan fingerprint density at radius 3 is 2.42 bits per heavy atom. The highest BCUT2D eigenvalue weighted by atomic mass is 32.2. The Labute approximate surface area is 71.8 Å². The predicted octanol–water partition coefficient (Wildman–Crippen LogP) is -0.0935. The van der Waals surface area contributed by atoms with Gasteiger partial charge in [-0.25, -0.2) is 8.42 Å². The number of unbranched alkanes of at least 4 members (excludes halogenated alkanes) is 1. The van der Waals surface area contributed by atoms with Crippen LogP contribution in [-0.4, -0.2) is 33.1 Å². The van der Waals surface area contributed by atoms with E-state index in [1.807, 2.05) is 0 Å². The first-order valence-electron chi connectivity index (χ1n) is 3.52. The van der Waals surface area contributed by atoms with E-state index < -0.39 is 15.1 Å². The molecule has 0 aromatic heterocycles. The van der Waals surface area contributed by atoms with E-state index >= 15 is 0 Å². The molecule has 0 heterocycles. The maximum absolute atomic E-state index is 10.8. The highest BCUT2D eigenvalue weighted by molar-refractivity contribution is 8.05. The quantitative estimate of drug-likeness (QED) is 0.621. The average molecular weight is 195 g/mol. The molecule has 0 aromatic carbocycles. The number of methoxy groups -OCH3 is 1. The molecule has 0 unspecified atom stereocenters. The van der Waals surface area contributed by atoms with Gasteiger partial charge in [0.2, 0.25) is 9.84 Å². The van der Waals surface area contributed by atoms with Gasteiger partial charge in [-0.15, -0.1) is 0 Å². The van der Waals surface area contributed by atoms with Gasteiger partial charge in [0.1, 0.15) is 0 Å². The molecule has 0 saturated heterocycles. The Bertz CT molecular complexity index is 234. The molecule has 0 atom stereocenters. The van der Waals surface area contributed by atoms with Crippen molar-refractivity contribution in [1.29, 1.82) is 0 Å². The number of rotatable bonds is 5. The number of hydrogen-bond donors (Lipinski definition) is 1. The zero-order chi connectivity index (χ0) is 9.61. The highest BCUT2D eigenvalue weighted by Crippen LogP contribution is 1.97. The summed E-state index contributed by atoms with van der Waals surface area (Å²) < 4.78 is 26.3. The maximum Gasteiger partial charge on any atom is 0.333 e. The standard InChI is InChI=1S/C6H13NO4S/c1-11-4-2-3-5-12(9,10)6(7)8/h2-5H2,1H3,(H2,7,8). The third-order valence-electron chi connectivity index (χ3n) is 1.32. The average Bonchev–Trinajstić information content (AvgIpc) is 1.98. The van der Waals surface area contributed by atoms with Crippen LogP contribution >= 0.6 is 0 Å². The number of sulfone groups is 1. The van der Waals surface area contributed by atoms with Gasteiger partial charge in [-0.05, 0) is 12.8 Å². The zero-order valence-electron chi connectivity index (χ0n) is 6.95. The van der Waals surface area contributed by atoms with Crippen molar-refractivity contribution in [2.24, 2.45) is 5.73 Å². The Morgan fingerprint density at radius 1 is 1.42 bits per heavy atom. The molecule has 0 aliphatic carbocycles. The summed E-state index contributed by atoms with van der Waals surface area (Å²) in [6.07, 6.45) is 1.02. The molecule has 2 N–H and O–H groups in total. The molecule has 0 aliphatic rings. The van der Waals surface area contributed by atoms with Crippen LogP contribution in [0, 0.1) is 0 Å². The van der Waals surface area contributed by atoms with Crippen molar-refractivity contribution in [2.45, 2.75) is 12.8 Å². The molecule has 5 nitrogen and oxygen atoms in total. The lowest BCUT2D eigenvalue weighted by molar-refractivity contribution is 0.194. The number of hydrogen-bond acceptors (Lipinski definition) is 4. The summed E-state index contributed by atoms with van der Waals surface area (Å²) in [5.41, 5.74) is 4.63. The van der Waals surface area contributed by atoms with Crippen LogP contribution in [0.2, 0.25) is 0 Å². The first kappa shape index (κ1) is 11.4. The zero-order valence-corrected chi connectivity index (χ0v) is 7.76. The van der Waals surface area contributed by atoms with Crippen molar-refractivity contribution in [2.75, 3.05) is 19.5 Å². The molecule has 72 valence electrons. The number of ether oxygens (including phenoxy) is 1. The van der Waals surface area contributed by atoms with Crippen LogP contribution in [0.3, 0.4) is 0 Å². The van der Waals surface area contributed by atoms with E-state index in [0.29, 0.717) is 19.4 Å². The summed E-state index contributed by atoms with van der Waals surface area (Å²) in [5.74, 6) is -0.189. The molecule has 0 aromatic rings. The van der Waals surface area contributed by atoms with Crippen molar-refractivity contribution in [3.8, 4) is 0 Å². The number of carbonyl (C=O) groups excluding carboxylic acids is 1. The second-order valence-corrected chi connectivity index (χ2v) is 4.38. The molecule has 6 heteroatoms. The van der Waals surface area contributed by atoms with Gasteiger partial charge < -0.3 is 10.5 Å². The van der Waals surface area contributed by atoms with Crippen molar-refractivity contribution in [3.63, 3.8) is 0 Å². The van der Waals surface area contributed by atoms with Crippen molar-refractivity contribution >= 4 is 15.1 Å². The van der Waals surface area contributed by atoms with E-state index in [-0.39, 0.29) is 5.75 Å². The molecule has 0 rings (SSSR count). The molecule has 0 aliphatic heterocycles. The lowest BCUT2D eigenvalue weighted by atomic mass is 10.4. The van der Waals surface area contributed by atoms with Crippen LogP contribution < -0.4 is 5.73 Å². The van der Waals surface area contributed by atoms with E-state index in [9.17, 15) is 13.2 Å². The van der Waals surface area contributed by atoms with Gasteiger partial charge in [-0.1, -0.05) is 0 Å². The third-order valence-corrected chi connectivity index (χ3v) is 2.76. The summed E-state index contributed by atoms with van der Waals surface area (Å²) in [5, 5.41) is -1.25. The minimum atomic E-state index is -3.70. The Hall–Kier alpha value is -0.620. The van der Waals surface area contributed by atoms with Gasteiger partial charge in [0.05, 0.1) is 5.75 Å². The minimum absolute atomic E-state index is 0.189. The van der Waals surface area contributed by atoms with E-state index in [1.165, 1.54) is 7.11 Å². The van der Waals surface area contributed by atoms with E-state index in [4.69, 9.17) is 4.74 Å². The van der Waals surface area contributed by atoms with Gasteiger partial charge in [0.25, 0.3) is 0 Å². The first-order valence-corrected chi connectivity index (χ1v) is 5.17. The van der Waals surface area contributed by atoms with E-state index in [0.717, 1.165) is 0 Å². The van der Waals surface area contributed by atoms with Crippen LogP contribution in [-0.2, 0) is 14.6 Å². The molecule has 0 spiro atoms. The van der Waals surface area contributed by atoms with Crippen LogP contribution in [0.15, 0.2) is 0 Å². The lowest BCUT2D eigenvalue weighted by Gasteiger charge is -1.98. The lowest BCUT2D eigenvalue weighted by Crippen LogP contribution is -2.24. The van der Waals surface area contributed by atoms with E-state index in [2.05, 4.69) is 5.73 Å². The fraction of sp³-hybridized carbons (Fsp3) is 0.833. The summed E-state index contributed by atoms with van der Waals surface area (Å²) in [7, 11) is -2.16. The summed E-state index contributed by atoms with van der Waals surface area (Å²) in [6.45, 7) is 0.494. The summed E-state index contributed by atoms with van der Waals surface area (Å²) >= 11 is 0. The summed E-state index contributed by atoms with van der Waals surface area (Å²) in [4.78, 5) is 10.3. The molecule has 0 radical (unpaired) electrons. The van der Waals surface area contributed by atoms with Gasteiger partial charge >= 0.3 is 5.24 Å². The second-order valence-electron chi connectivity index (χ2n) is 2.34. The maximum atomic E-state index is 10.8. The van der Waals surface area contributed by atoms with Gasteiger partial charge in [-0.3, -0.25) is 4.79 Å². The van der Waals surface area contributed by atoms with Crippen LogP contribution in [0.25, 0.3) is 0 Å². The number of nitrogens with two attached hydrogens (primary N) is 1. The Morgan fingerprint density at radius 2 is 2.00 bits per heavy atom. The van der Waals surface area contributed by atoms with Crippen molar-refractivity contribution < 1.29 is 17.9 Å². The normalized spacial score (nSPS) is 11.4. The first-order chi connectivity index (χ1) is 5.50. The fourth-order valence-corrected chi connectivity index (χ4v) is 1.42. The van der Waals surface area contributed by atoms with Crippen molar-refractivity contribution in [3.05, 3.63) is 0 Å². The van der Waals surface area contributed by atoms with Crippen LogP contribution in [0.4, 0.5) is 4.79 Å². The fourth-order valence-electron chi connectivity index (χ4n) is 0.639. The SMILES string of the molecule is COCCCCS(=O)(=O)C(N)=O. The van der Waals surface area contributed by atoms with E-state index in [1.54, 1.807) is 0 Å². The third kappa shape index (κ3) is 4.30.